The Morgan fingerprint density at radius 2 is 1.63 bits per heavy atom. The largest absolute Gasteiger partial charge is 0.417 e. The highest BCUT2D eigenvalue weighted by Gasteiger charge is 2.37. The van der Waals surface area contributed by atoms with E-state index in [1.807, 2.05) is 0 Å². The molecule has 0 spiro atoms. The van der Waals surface area contributed by atoms with E-state index in [2.05, 4.69) is 15.9 Å². The van der Waals surface area contributed by atoms with Gasteiger partial charge in [0.1, 0.15) is 0 Å². The summed E-state index contributed by atoms with van der Waals surface area (Å²) in [7, 11) is 0. The van der Waals surface area contributed by atoms with Crippen LogP contribution in [0.4, 0.5) is 13.2 Å². The second-order valence-electron chi connectivity index (χ2n) is 3.87. The molecular weight excluding hydrogens is 321 g/mol. The zero-order valence-electron chi connectivity index (χ0n) is 9.54. The van der Waals surface area contributed by atoms with E-state index in [9.17, 15) is 18.0 Å². The first-order valence-corrected chi connectivity index (χ1v) is 6.14. The highest BCUT2D eigenvalue weighted by atomic mass is 79.9. The molecule has 0 heterocycles. The number of carbonyl (C=O) groups excluding carboxylic acids is 1. The summed E-state index contributed by atoms with van der Waals surface area (Å²) in [5.74, 6) is 0. The van der Waals surface area contributed by atoms with Gasteiger partial charge in [0.25, 0.3) is 0 Å². The van der Waals surface area contributed by atoms with E-state index in [0.29, 0.717) is 10.0 Å². The smallest absolute Gasteiger partial charge is 0.298 e. The van der Waals surface area contributed by atoms with Gasteiger partial charge in [-0.05, 0) is 17.7 Å². The third kappa shape index (κ3) is 2.71. The maximum absolute atomic E-state index is 13.2. The Hall–Kier alpha value is -1.62. The molecule has 2 rings (SSSR count). The molecule has 0 aromatic heterocycles. The Bertz CT molecular complexity index is 606. The molecule has 98 valence electrons. The number of hydrogen-bond donors (Lipinski definition) is 0. The number of carbonyl (C=O) groups is 1. The number of alkyl halides is 3. The average Bonchev–Trinajstić information content (AvgIpc) is 2.38. The van der Waals surface area contributed by atoms with Crippen LogP contribution in [-0.4, -0.2) is 6.29 Å². The van der Waals surface area contributed by atoms with E-state index in [-0.39, 0.29) is 17.4 Å². The van der Waals surface area contributed by atoms with Crippen molar-refractivity contribution >= 4 is 22.2 Å². The van der Waals surface area contributed by atoms with Crippen LogP contribution >= 0.6 is 15.9 Å². The molecule has 0 bridgehead atoms. The molecule has 0 saturated heterocycles. The summed E-state index contributed by atoms with van der Waals surface area (Å²) in [4.78, 5) is 10.9. The predicted octanol–water partition coefficient (Wildman–Crippen LogP) is 4.95. The van der Waals surface area contributed by atoms with Crippen molar-refractivity contribution in [3.05, 3.63) is 58.1 Å². The lowest BCUT2D eigenvalue weighted by molar-refractivity contribution is -0.137. The summed E-state index contributed by atoms with van der Waals surface area (Å²) >= 11 is 3.12. The molecule has 0 amide bonds. The van der Waals surface area contributed by atoms with Gasteiger partial charge in [-0.15, -0.1) is 0 Å². The third-order valence-electron chi connectivity index (χ3n) is 2.66. The SMILES string of the molecule is O=Cc1ccc(Br)c(-c2ccccc2)c1C(F)(F)F. The van der Waals surface area contributed by atoms with Crippen LogP contribution in [-0.2, 0) is 6.18 Å². The summed E-state index contributed by atoms with van der Waals surface area (Å²) in [6.07, 6.45) is -4.37. The van der Waals surface area contributed by atoms with Crippen molar-refractivity contribution in [1.29, 1.82) is 0 Å². The molecule has 0 aliphatic heterocycles. The van der Waals surface area contributed by atoms with E-state index in [1.165, 1.54) is 6.07 Å². The van der Waals surface area contributed by atoms with E-state index in [0.717, 1.165) is 6.07 Å². The monoisotopic (exact) mass is 328 g/mol. The van der Waals surface area contributed by atoms with Gasteiger partial charge in [0.2, 0.25) is 0 Å². The Labute approximate surface area is 116 Å². The topological polar surface area (TPSA) is 17.1 Å². The highest BCUT2D eigenvalue weighted by molar-refractivity contribution is 9.10. The first-order valence-electron chi connectivity index (χ1n) is 5.35. The molecule has 2 aromatic rings. The Morgan fingerprint density at radius 1 is 1.00 bits per heavy atom. The average molecular weight is 329 g/mol. The fourth-order valence-electron chi connectivity index (χ4n) is 1.88. The van der Waals surface area contributed by atoms with Crippen LogP contribution in [0.15, 0.2) is 46.9 Å². The summed E-state index contributed by atoms with van der Waals surface area (Å²) in [5, 5.41) is 0. The number of benzene rings is 2. The van der Waals surface area contributed by atoms with Crippen LogP contribution in [0.2, 0.25) is 0 Å². The highest BCUT2D eigenvalue weighted by Crippen LogP contribution is 2.42. The Morgan fingerprint density at radius 3 is 2.16 bits per heavy atom. The molecule has 1 nitrogen and oxygen atoms in total. The van der Waals surface area contributed by atoms with Gasteiger partial charge >= 0.3 is 6.18 Å². The summed E-state index contributed by atoms with van der Waals surface area (Å²) < 4.78 is 39.8. The van der Waals surface area contributed by atoms with Gasteiger partial charge in [-0.1, -0.05) is 46.3 Å². The van der Waals surface area contributed by atoms with Crippen molar-refractivity contribution in [2.75, 3.05) is 0 Å². The number of halogens is 4. The second kappa shape index (κ2) is 5.17. The van der Waals surface area contributed by atoms with Crippen molar-refractivity contribution < 1.29 is 18.0 Å². The molecule has 2 aromatic carbocycles. The van der Waals surface area contributed by atoms with Crippen LogP contribution in [0.1, 0.15) is 15.9 Å². The van der Waals surface area contributed by atoms with Crippen LogP contribution in [0.5, 0.6) is 0 Å². The standard InChI is InChI=1S/C14H8BrF3O/c15-11-7-6-10(8-19)13(14(16,17)18)12(11)9-4-2-1-3-5-9/h1-8H. The molecule has 0 unspecified atom stereocenters. The lowest BCUT2D eigenvalue weighted by Gasteiger charge is -2.16. The van der Waals surface area contributed by atoms with Crippen LogP contribution in [0, 0.1) is 0 Å². The van der Waals surface area contributed by atoms with Gasteiger partial charge in [-0.2, -0.15) is 13.2 Å². The zero-order valence-corrected chi connectivity index (χ0v) is 11.1. The van der Waals surface area contributed by atoms with E-state index >= 15 is 0 Å². The number of aldehydes is 1. The Kier molecular flexibility index (Phi) is 3.75. The lowest BCUT2D eigenvalue weighted by Crippen LogP contribution is -2.11. The van der Waals surface area contributed by atoms with Crippen LogP contribution in [0.25, 0.3) is 11.1 Å². The summed E-state index contributed by atoms with van der Waals surface area (Å²) in [6.45, 7) is 0. The van der Waals surface area contributed by atoms with Gasteiger partial charge in [0, 0.05) is 15.6 Å². The van der Waals surface area contributed by atoms with Crippen molar-refractivity contribution in [3.63, 3.8) is 0 Å². The molecule has 0 fully saturated rings. The summed E-state index contributed by atoms with van der Waals surface area (Å²) in [6, 6.07) is 10.8. The predicted molar refractivity (Wildman–Crippen MR) is 70.0 cm³/mol. The first-order chi connectivity index (χ1) is 8.95. The maximum atomic E-state index is 13.2. The molecule has 0 atom stereocenters. The van der Waals surface area contributed by atoms with E-state index in [4.69, 9.17) is 0 Å². The minimum Gasteiger partial charge on any atom is -0.298 e. The molecule has 19 heavy (non-hydrogen) atoms. The third-order valence-corrected chi connectivity index (χ3v) is 3.32. The normalized spacial score (nSPS) is 11.4. The van der Waals surface area contributed by atoms with Gasteiger partial charge in [0.05, 0.1) is 5.56 Å². The maximum Gasteiger partial charge on any atom is 0.417 e. The van der Waals surface area contributed by atoms with Gasteiger partial charge < -0.3 is 0 Å². The van der Waals surface area contributed by atoms with Crippen LogP contribution in [0.3, 0.4) is 0 Å². The van der Waals surface area contributed by atoms with Crippen molar-refractivity contribution in [2.24, 2.45) is 0 Å². The minimum absolute atomic E-state index is 0.0160. The van der Waals surface area contributed by atoms with Gasteiger partial charge in [-0.25, -0.2) is 0 Å². The van der Waals surface area contributed by atoms with Gasteiger partial charge in [-0.3, -0.25) is 4.79 Å². The zero-order chi connectivity index (χ0) is 14.0. The fourth-order valence-corrected chi connectivity index (χ4v) is 2.44. The van der Waals surface area contributed by atoms with Crippen molar-refractivity contribution in [2.45, 2.75) is 6.18 Å². The molecule has 0 saturated carbocycles. The number of hydrogen-bond acceptors (Lipinski definition) is 1. The number of rotatable bonds is 2. The van der Waals surface area contributed by atoms with Crippen molar-refractivity contribution in [1.82, 2.24) is 0 Å². The molecule has 0 N–H and O–H groups in total. The van der Waals surface area contributed by atoms with Crippen LogP contribution < -0.4 is 0 Å². The van der Waals surface area contributed by atoms with Crippen molar-refractivity contribution in [3.8, 4) is 11.1 Å². The van der Waals surface area contributed by atoms with Gasteiger partial charge in [0.15, 0.2) is 6.29 Å². The Balaban J connectivity index is 2.82. The van der Waals surface area contributed by atoms with E-state index < -0.39 is 11.7 Å². The summed E-state index contributed by atoms with van der Waals surface area (Å²) in [5.41, 5.74) is -0.888. The fraction of sp³-hybridized carbons (Fsp3) is 0.0714. The quantitative estimate of drug-likeness (QED) is 0.713. The molecular formula is C14H8BrF3O. The second-order valence-corrected chi connectivity index (χ2v) is 4.72. The molecule has 0 radical (unpaired) electrons. The van der Waals surface area contributed by atoms with E-state index in [1.54, 1.807) is 30.3 Å². The minimum atomic E-state index is -4.59. The molecule has 0 aliphatic rings. The molecule has 0 aliphatic carbocycles. The molecule has 5 heteroatoms. The lowest BCUT2D eigenvalue weighted by atomic mass is 9.95. The first kappa shape index (κ1) is 13.8.